The zero-order valence-corrected chi connectivity index (χ0v) is 16.3. The van der Waals surface area contributed by atoms with Crippen LogP contribution in [0.25, 0.3) is 11.4 Å². The van der Waals surface area contributed by atoms with Gasteiger partial charge in [-0.25, -0.2) is 0 Å². The molecule has 1 amide bonds. The molecule has 0 aliphatic rings. The van der Waals surface area contributed by atoms with Crippen LogP contribution in [-0.4, -0.2) is 20.6 Å². The van der Waals surface area contributed by atoms with E-state index in [0.717, 1.165) is 11.3 Å². The molecule has 3 aromatic rings. The Bertz CT molecular complexity index is 1010. The molecule has 146 valence electrons. The van der Waals surface area contributed by atoms with E-state index in [1.165, 1.54) is 0 Å². The summed E-state index contributed by atoms with van der Waals surface area (Å²) in [7, 11) is 0. The highest BCUT2D eigenvalue weighted by molar-refractivity contribution is 5.76. The molecule has 0 spiro atoms. The first-order valence-electron chi connectivity index (χ1n) is 9.37. The van der Waals surface area contributed by atoms with Crippen molar-refractivity contribution in [3.05, 3.63) is 70.0 Å². The van der Waals surface area contributed by atoms with E-state index in [9.17, 15) is 9.59 Å². The Morgan fingerprint density at radius 1 is 1.21 bits per heavy atom. The van der Waals surface area contributed by atoms with Gasteiger partial charge >= 0.3 is 0 Å². The van der Waals surface area contributed by atoms with Crippen LogP contribution in [0.5, 0.6) is 0 Å². The van der Waals surface area contributed by atoms with Crippen LogP contribution in [0.2, 0.25) is 0 Å². The number of hydrogen-bond donors (Lipinski definition) is 1. The van der Waals surface area contributed by atoms with Crippen LogP contribution >= 0.6 is 0 Å². The van der Waals surface area contributed by atoms with Crippen molar-refractivity contribution in [1.29, 1.82) is 0 Å². The summed E-state index contributed by atoms with van der Waals surface area (Å²) in [6, 6.07) is 13.2. The van der Waals surface area contributed by atoms with E-state index in [-0.39, 0.29) is 29.8 Å². The van der Waals surface area contributed by atoms with Gasteiger partial charge in [0, 0.05) is 25.1 Å². The number of pyridine rings is 1. The normalized spacial score (nSPS) is 12.0. The molecule has 2 aromatic heterocycles. The summed E-state index contributed by atoms with van der Waals surface area (Å²) >= 11 is 0. The minimum atomic E-state index is -0.149. The zero-order valence-electron chi connectivity index (χ0n) is 16.3. The molecule has 2 heterocycles. The molecule has 1 atom stereocenters. The van der Waals surface area contributed by atoms with Crippen molar-refractivity contribution in [2.45, 2.75) is 46.2 Å². The van der Waals surface area contributed by atoms with E-state index in [4.69, 9.17) is 4.52 Å². The van der Waals surface area contributed by atoms with Crippen LogP contribution in [0.1, 0.15) is 43.5 Å². The highest BCUT2D eigenvalue weighted by Gasteiger charge is 2.16. The number of hydrogen-bond acceptors (Lipinski definition) is 5. The zero-order chi connectivity index (χ0) is 20.1. The standard InChI is InChI=1S/C21H24N4O3/c1-4-25-14(2)10-11-17(21(25)27)20-23-19(28-24-20)13-12-18(26)22-15(3)16-8-6-5-7-9-16/h5-11,15H,4,12-13H2,1-3H3,(H,22,26). The monoisotopic (exact) mass is 380 g/mol. The highest BCUT2D eigenvalue weighted by Crippen LogP contribution is 2.14. The Hall–Kier alpha value is -3.22. The highest BCUT2D eigenvalue weighted by atomic mass is 16.5. The van der Waals surface area contributed by atoms with Crippen molar-refractivity contribution in [1.82, 2.24) is 20.0 Å². The van der Waals surface area contributed by atoms with E-state index >= 15 is 0 Å². The maximum atomic E-state index is 12.5. The molecule has 0 radical (unpaired) electrons. The van der Waals surface area contributed by atoms with E-state index in [2.05, 4.69) is 15.5 Å². The lowest BCUT2D eigenvalue weighted by Crippen LogP contribution is -2.26. The molecule has 0 saturated carbocycles. The summed E-state index contributed by atoms with van der Waals surface area (Å²) in [6.07, 6.45) is 0.542. The molecule has 0 fully saturated rings. The number of aryl methyl sites for hydroxylation is 2. The average Bonchev–Trinajstić information content (AvgIpc) is 3.16. The number of rotatable bonds is 7. The van der Waals surface area contributed by atoms with Gasteiger partial charge in [0.1, 0.15) is 0 Å². The van der Waals surface area contributed by atoms with Gasteiger partial charge in [-0.05, 0) is 38.5 Å². The molecule has 0 aliphatic heterocycles. The summed E-state index contributed by atoms with van der Waals surface area (Å²) in [6.45, 7) is 6.30. The molecule has 1 unspecified atom stereocenters. The quantitative estimate of drug-likeness (QED) is 0.680. The van der Waals surface area contributed by atoms with Crippen molar-refractivity contribution in [3.8, 4) is 11.4 Å². The molecule has 7 nitrogen and oxygen atoms in total. The first-order chi connectivity index (χ1) is 13.5. The number of carbonyl (C=O) groups is 1. The first kappa shape index (κ1) is 19.5. The molecule has 3 rings (SSSR count). The fourth-order valence-electron chi connectivity index (χ4n) is 3.06. The fraction of sp³-hybridized carbons (Fsp3) is 0.333. The van der Waals surface area contributed by atoms with Gasteiger partial charge in [0.25, 0.3) is 5.56 Å². The van der Waals surface area contributed by atoms with Gasteiger partial charge in [0.05, 0.1) is 11.6 Å². The SMILES string of the molecule is CCn1c(C)ccc(-c2noc(CCC(=O)NC(C)c3ccccc3)n2)c1=O. The summed E-state index contributed by atoms with van der Waals surface area (Å²) in [5, 5.41) is 6.86. The minimum absolute atomic E-state index is 0.0768. The van der Waals surface area contributed by atoms with E-state index in [1.807, 2.05) is 57.2 Å². The third-order valence-electron chi connectivity index (χ3n) is 4.66. The summed E-state index contributed by atoms with van der Waals surface area (Å²) in [4.78, 5) is 29.0. The second kappa shape index (κ2) is 8.65. The van der Waals surface area contributed by atoms with E-state index < -0.39 is 0 Å². The van der Waals surface area contributed by atoms with Crippen molar-refractivity contribution in [2.24, 2.45) is 0 Å². The van der Waals surface area contributed by atoms with Crippen molar-refractivity contribution in [3.63, 3.8) is 0 Å². The van der Waals surface area contributed by atoms with Gasteiger partial charge in [-0.15, -0.1) is 0 Å². The average molecular weight is 380 g/mol. The van der Waals surface area contributed by atoms with Crippen molar-refractivity contribution < 1.29 is 9.32 Å². The fourth-order valence-corrected chi connectivity index (χ4v) is 3.06. The molecule has 7 heteroatoms. The van der Waals surface area contributed by atoms with Gasteiger partial charge in [0.15, 0.2) is 0 Å². The Kier molecular flexibility index (Phi) is 6.03. The lowest BCUT2D eigenvalue weighted by atomic mass is 10.1. The van der Waals surface area contributed by atoms with Gasteiger partial charge in [-0.3, -0.25) is 9.59 Å². The van der Waals surface area contributed by atoms with Gasteiger partial charge in [-0.1, -0.05) is 35.5 Å². The second-order valence-electron chi connectivity index (χ2n) is 6.65. The molecule has 1 aromatic carbocycles. The maximum absolute atomic E-state index is 12.5. The van der Waals surface area contributed by atoms with Crippen LogP contribution in [0.15, 0.2) is 51.8 Å². The predicted molar refractivity (Wildman–Crippen MR) is 106 cm³/mol. The van der Waals surface area contributed by atoms with Crippen molar-refractivity contribution >= 4 is 5.91 Å². The molecule has 0 saturated heterocycles. The van der Waals surface area contributed by atoms with E-state index in [1.54, 1.807) is 10.6 Å². The second-order valence-corrected chi connectivity index (χ2v) is 6.65. The van der Waals surface area contributed by atoms with Crippen LogP contribution in [0.4, 0.5) is 0 Å². The lowest BCUT2D eigenvalue weighted by Gasteiger charge is -2.13. The van der Waals surface area contributed by atoms with Crippen LogP contribution in [-0.2, 0) is 17.8 Å². The molecular formula is C21H24N4O3. The minimum Gasteiger partial charge on any atom is -0.350 e. The topological polar surface area (TPSA) is 90.0 Å². The Balaban J connectivity index is 1.62. The van der Waals surface area contributed by atoms with Gasteiger partial charge < -0.3 is 14.4 Å². The smallest absolute Gasteiger partial charge is 0.261 e. The summed E-state index contributed by atoms with van der Waals surface area (Å²) < 4.78 is 6.89. The number of nitrogens with one attached hydrogen (secondary N) is 1. The first-order valence-corrected chi connectivity index (χ1v) is 9.37. The van der Waals surface area contributed by atoms with Crippen LogP contribution in [0, 0.1) is 6.92 Å². The van der Waals surface area contributed by atoms with Crippen LogP contribution < -0.4 is 10.9 Å². The summed E-state index contributed by atoms with van der Waals surface area (Å²) in [5.74, 6) is 0.487. The predicted octanol–water partition coefficient (Wildman–Crippen LogP) is 3.04. The number of amides is 1. The lowest BCUT2D eigenvalue weighted by molar-refractivity contribution is -0.121. The summed E-state index contributed by atoms with van der Waals surface area (Å²) in [5.41, 5.74) is 2.17. The Labute approximate surface area is 163 Å². The Morgan fingerprint density at radius 3 is 2.68 bits per heavy atom. The maximum Gasteiger partial charge on any atom is 0.261 e. The van der Waals surface area contributed by atoms with Gasteiger partial charge in [-0.2, -0.15) is 4.98 Å². The van der Waals surface area contributed by atoms with Gasteiger partial charge in [0.2, 0.25) is 17.6 Å². The largest absolute Gasteiger partial charge is 0.350 e. The number of nitrogens with zero attached hydrogens (tertiary/aromatic N) is 3. The molecule has 0 bridgehead atoms. The molecule has 0 aliphatic carbocycles. The number of aromatic nitrogens is 3. The molecule has 1 N–H and O–H groups in total. The molecule has 28 heavy (non-hydrogen) atoms. The molecular weight excluding hydrogens is 356 g/mol. The number of benzene rings is 1. The number of carbonyl (C=O) groups excluding carboxylic acids is 1. The third-order valence-corrected chi connectivity index (χ3v) is 4.66. The van der Waals surface area contributed by atoms with Crippen molar-refractivity contribution in [2.75, 3.05) is 0 Å². The van der Waals surface area contributed by atoms with E-state index in [0.29, 0.717) is 24.4 Å². The third kappa shape index (κ3) is 4.36. The Morgan fingerprint density at radius 2 is 1.96 bits per heavy atom. The van der Waals surface area contributed by atoms with Crippen LogP contribution in [0.3, 0.4) is 0 Å².